The van der Waals surface area contributed by atoms with Crippen molar-refractivity contribution in [1.82, 2.24) is 0 Å². The highest BCUT2D eigenvalue weighted by atomic mass is 19.1. The molecule has 0 aromatic heterocycles. The van der Waals surface area contributed by atoms with E-state index in [4.69, 9.17) is 9.47 Å². The number of ether oxygens (including phenoxy) is 2. The fourth-order valence-corrected chi connectivity index (χ4v) is 7.82. The summed E-state index contributed by atoms with van der Waals surface area (Å²) < 4.78 is 25.9. The summed E-state index contributed by atoms with van der Waals surface area (Å²) in [6.07, 6.45) is 14.3. The first-order chi connectivity index (χ1) is 15.3. The number of carbonyl (C=O) groups is 1. The van der Waals surface area contributed by atoms with Crippen LogP contribution in [0.25, 0.3) is 0 Å². The molecule has 6 atom stereocenters. The molecule has 4 aliphatic carbocycles. The van der Waals surface area contributed by atoms with E-state index in [0.29, 0.717) is 30.1 Å². The molecule has 0 N–H and O–H groups in total. The summed E-state index contributed by atoms with van der Waals surface area (Å²) in [5, 5.41) is 0. The molecule has 0 saturated heterocycles. The molecule has 0 spiro atoms. The van der Waals surface area contributed by atoms with Gasteiger partial charge in [0.25, 0.3) is 0 Å². The predicted molar refractivity (Wildman–Crippen MR) is 125 cm³/mol. The van der Waals surface area contributed by atoms with Gasteiger partial charge in [0.2, 0.25) is 5.83 Å². The van der Waals surface area contributed by atoms with Crippen LogP contribution in [0.1, 0.15) is 85.5 Å². The molecule has 2 saturated carbocycles. The molecule has 4 aliphatic rings. The first-order valence-electron chi connectivity index (χ1n) is 12.8. The van der Waals surface area contributed by atoms with E-state index in [-0.39, 0.29) is 17.4 Å². The quantitative estimate of drug-likeness (QED) is 0.319. The fraction of sp³-hybridized carbons (Fsp3) is 0.750. The van der Waals surface area contributed by atoms with E-state index in [2.05, 4.69) is 32.9 Å². The number of allylic oxidation sites excluding steroid dienone is 5. The zero-order valence-corrected chi connectivity index (χ0v) is 20.6. The zero-order valence-electron chi connectivity index (χ0n) is 20.6. The number of halogens is 1. The molecule has 0 heterocycles. The molecule has 0 aliphatic heterocycles. The van der Waals surface area contributed by atoms with Gasteiger partial charge in [-0.15, -0.1) is 0 Å². The standard InChI is InChI=1S/C28H41FO3/c1-6-8-9-18-16-19-17-20(31-5)12-14-27(19,3)22-13-15-28(4)21(24(18)22)10-11-23(28)25(29)26(30)32-7-2/h16-18,21-22,24H,6-15H2,1-5H3/t18-,21+,22+,24+,27+,28+/m1/s1. The average molecular weight is 445 g/mol. The third kappa shape index (κ3) is 3.66. The van der Waals surface area contributed by atoms with Crippen molar-refractivity contribution in [1.29, 1.82) is 0 Å². The molecule has 0 radical (unpaired) electrons. The van der Waals surface area contributed by atoms with Crippen molar-refractivity contribution in [3.63, 3.8) is 0 Å². The molecule has 178 valence electrons. The molecule has 4 rings (SSSR count). The van der Waals surface area contributed by atoms with Crippen LogP contribution in [0, 0.1) is 34.5 Å². The van der Waals surface area contributed by atoms with Crippen LogP contribution in [0.3, 0.4) is 0 Å². The summed E-state index contributed by atoms with van der Waals surface area (Å²) in [6.45, 7) is 8.91. The lowest BCUT2D eigenvalue weighted by Crippen LogP contribution is -2.51. The molecular weight excluding hydrogens is 403 g/mol. The van der Waals surface area contributed by atoms with Crippen LogP contribution >= 0.6 is 0 Å². The molecular formula is C28H41FO3. The Balaban J connectivity index is 1.74. The van der Waals surface area contributed by atoms with Crippen molar-refractivity contribution >= 4 is 5.97 Å². The maximum absolute atomic E-state index is 15.2. The van der Waals surface area contributed by atoms with Crippen LogP contribution < -0.4 is 0 Å². The first kappa shape index (κ1) is 23.6. The molecule has 0 aromatic carbocycles. The van der Waals surface area contributed by atoms with E-state index >= 15 is 4.39 Å². The molecule has 3 nitrogen and oxygen atoms in total. The highest BCUT2D eigenvalue weighted by Gasteiger charge is 2.59. The highest BCUT2D eigenvalue weighted by molar-refractivity contribution is 5.87. The Bertz CT molecular complexity index is 840. The van der Waals surface area contributed by atoms with Gasteiger partial charge in [-0.25, -0.2) is 4.79 Å². The summed E-state index contributed by atoms with van der Waals surface area (Å²) in [7, 11) is 1.78. The van der Waals surface area contributed by atoms with Gasteiger partial charge < -0.3 is 9.47 Å². The number of unbranched alkanes of at least 4 members (excludes halogenated alkanes) is 1. The Morgan fingerprint density at radius 3 is 2.56 bits per heavy atom. The fourth-order valence-electron chi connectivity index (χ4n) is 7.82. The summed E-state index contributed by atoms with van der Waals surface area (Å²) in [5.41, 5.74) is 2.15. The lowest BCUT2D eigenvalue weighted by Gasteiger charge is -2.58. The van der Waals surface area contributed by atoms with E-state index < -0.39 is 11.8 Å². The molecule has 2 fully saturated rings. The van der Waals surface area contributed by atoms with Gasteiger partial charge in [0.15, 0.2) is 0 Å². The van der Waals surface area contributed by atoms with Gasteiger partial charge in [0.05, 0.1) is 19.5 Å². The second-order valence-corrected chi connectivity index (χ2v) is 11.0. The molecule has 0 amide bonds. The Morgan fingerprint density at radius 2 is 1.88 bits per heavy atom. The Hall–Kier alpha value is -1.58. The van der Waals surface area contributed by atoms with Gasteiger partial charge in [-0.2, -0.15) is 4.39 Å². The predicted octanol–water partition coefficient (Wildman–Crippen LogP) is 7.29. The van der Waals surface area contributed by atoms with Gasteiger partial charge in [0.1, 0.15) is 0 Å². The summed E-state index contributed by atoms with van der Waals surface area (Å²) in [5.74, 6) is 1.84. The van der Waals surface area contributed by atoms with E-state index in [1.807, 2.05) is 0 Å². The second-order valence-electron chi connectivity index (χ2n) is 11.0. The highest BCUT2D eigenvalue weighted by Crippen LogP contribution is 2.67. The van der Waals surface area contributed by atoms with Crippen LogP contribution in [0.2, 0.25) is 0 Å². The van der Waals surface area contributed by atoms with Crippen LogP contribution in [0.5, 0.6) is 0 Å². The van der Waals surface area contributed by atoms with Crippen LogP contribution in [-0.4, -0.2) is 19.7 Å². The Kier molecular flexibility index (Phi) is 6.62. The minimum absolute atomic E-state index is 0.170. The van der Waals surface area contributed by atoms with Gasteiger partial charge in [-0.3, -0.25) is 0 Å². The number of esters is 1. The van der Waals surface area contributed by atoms with E-state index in [1.165, 1.54) is 24.8 Å². The summed E-state index contributed by atoms with van der Waals surface area (Å²) in [6, 6.07) is 0. The lowest BCUT2D eigenvalue weighted by molar-refractivity contribution is -0.140. The van der Waals surface area contributed by atoms with Crippen LogP contribution in [0.15, 0.2) is 34.9 Å². The van der Waals surface area contributed by atoms with Gasteiger partial charge in [-0.1, -0.05) is 39.7 Å². The maximum Gasteiger partial charge on any atom is 0.367 e. The summed E-state index contributed by atoms with van der Waals surface area (Å²) in [4.78, 5) is 12.3. The number of fused-ring (bicyclic) bond motifs is 5. The van der Waals surface area contributed by atoms with E-state index in [9.17, 15) is 4.79 Å². The SMILES string of the molecule is CCCC[C@@H]1C=C2C=C(OC)CC[C@]2(C)[C@H]2CC[C@]3(C)C(=C(F)C(=O)OCC)CC[C@H]3[C@H]12. The van der Waals surface area contributed by atoms with E-state index in [0.717, 1.165) is 43.4 Å². The van der Waals surface area contributed by atoms with Crippen LogP contribution in [0.4, 0.5) is 4.39 Å². The normalized spacial score (nSPS) is 39.8. The van der Waals surface area contributed by atoms with Crippen molar-refractivity contribution in [2.24, 2.45) is 34.5 Å². The molecule has 0 aromatic rings. The number of hydrogen-bond donors (Lipinski definition) is 0. The Morgan fingerprint density at radius 1 is 1.12 bits per heavy atom. The van der Waals surface area contributed by atoms with Gasteiger partial charge in [0, 0.05) is 6.42 Å². The van der Waals surface area contributed by atoms with Gasteiger partial charge >= 0.3 is 5.97 Å². The summed E-state index contributed by atoms with van der Waals surface area (Å²) >= 11 is 0. The minimum Gasteiger partial charge on any atom is -0.501 e. The third-order valence-electron chi connectivity index (χ3n) is 9.56. The largest absolute Gasteiger partial charge is 0.501 e. The van der Waals surface area contributed by atoms with Crippen molar-refractivity contribution < 1.29 is 18.7 Å². The second kappa shape index (κ2) is 8.99. The average Bonchev–Trinajstić information content (AvgIpc) is 3.13. The minimum atomic E-state index is -0.767. The smallest absolute Gasteiger partial charge is 0.367 e. The lowest BCUT2D eigenvalue weighted by atomic mass is 9.46. The van der Waals surface area contributed by atoms with Crippen molar-refractivity contribution in [2.75, 3.05) is 13.7 Å². The van der Waals surface area contributed by atoms with Gasteiger partial charge in [-0.05, 0) is 97.2 Å². The topological polar surface area (TPSA) is 35.5 Å². The van der Waals surface area contributed by atoms with Crippen molar-refractivity contribution in [3.05, 3.63) is 34.9 Å². The van der Waals surface area contributed by atoms with Crippen molar-refractivity contribution in [2.45, 2.75) is 85.5 Å². The zero-order chi connectivity index (χ0) is 23.1. The number of methoxy groups -OCH3 is 1. The van der Waals surface area contributed by atoms with E-state index in [1.54, 1.807) is 14.0 Å². The number of carbonyl (C=O) groups excluding carboxylic acids is 1. The maximum atomic E-state index is 15.2. The molecule has 4 heteroatoms. The molecule has 0 bridgehead atoms. The number of rotatable bonds is 6. The monoisotopic (exact) mass is 444 g/mol. The third-order valence-corrected chi connectivity index (χ3v) is 9.56. The van der Waals surface area contributed by atoms with Crippen LogP contribution in [-0.2, 0) is 14.3 Å². The number of hydrogen-bond acceptors (Lipinski definition) is 3. The molecule has 0 unspecified atom stereocenters. The Labute approximate surface area is 193 Å². The molecule has 32 heavy (non-hydrogen) atoms. The first-order valence-corrected chi connectivity index (χ1v) is 12.8. The van der Waals surface area contributed by atoms with Crippen molar-refractivity contribution in [3.8, 4) is 0 Å².